The quantitative estimate of drug-likeness (QED) is 0.290. The summed E-state index contributed by atoms with van der Waals surface area (Å²) >= 11 is 0. The molecule has 45 heavy (non-hydrogen) atoms. The second kappa shape index (κ2) is 10.5. The molecule has 0 fully saturated rings. The lowest BCUT2D eigenvalue weighted by Gasteiger charge is -2.17. The zero-order valence-electron chi connectivity index (χ0n) is 26.2. The van der Waals surface area contributed by atoms with E-state index < -0.39 is 0 Å². The Morgan fingerprint density at radius 3 is 1.13 bits per heavy atom. The molecule has 0 aliphatic carbocycles. The molecule has 11 heteroatoms. The number of ether oxygens (including phenoxy) is 3. The molecule has 7 heterocycles. The normalized spacial score (nSPS) is 19.2. The van der Waals surface area contributed by atoms with Crippen molar-refractivity contribution in [3.05, 3.63) is 78.1 Å². The summed E-state index contributed by atoms with van der Waals surface area (Å²) in [5.41, 5.74) is 4.88. The van der Waals surface area contributed by atoms with Crippen molar-refractivity contribution in [3.8, 4) is 33.9 Å². The van der Waals surface area contributed by atoms with Crippen LogP contribution in [-0.4, -0.2) is 79.1 Å². The van der Waals surface area contributed by atoms with Crippen molar-refractivity contribution in [2.75, 3.05) is 19.6 Å². The van der Waals surface area contributed by atoms with Crippen LogP contribution in [-0.2, 0) is 14.2 Å². The Hall–Kier alpha value is -5.06. The van der Waals surface area contributed by atoms with Gasteiger partial charge in [0.05, 0.1) is 47.7 Å². The summed E-state index contributed by atoms with van der Waals surface area (Å²) in [6.45, 7) is 13.8. The van der Waals surface area contributed by atoms with Crippen molar-refractivity contribution < 1.29 is 14.2 Å². The van der Waals surface area contributed by atoms with Gasteiger partial charge in [-0.15, -0.1) is 0 Å². The van der Waals surface area contributed by atoms with Gasteiger partial charge in [0.1, 0.15) is 16.8 Å². The fraction of sp³-hybridized carbons (Fsp3) is 0.353. The molecule has 0 radical (unpaired) electrons. The maximum atomic E-state index is 6.08. The molecular formula is C34H34N8O3. The summed E-state index contributed by atoms with van der Waals surface area (Å²) in [5.74, 6) is 2.17. The Kier molecular flexibility index (Phi) is 6.72. The summed E-state index contributed by atoms with van der Waals surface area (Å²) in [4.78, 5) is 37.3. The molecule has 0 bridgehead atoms. The molecule has 3 aliphatic heterocycles. The molecule has 4 aromatic heterocycles. The molecule has 11 nitrogen and oxygen atoms in total. The summed E-state index contributed by atoms with van der Waals surface area (Å²) in [7, 11) is 0. The molecule has 0 spiro atoms. The monoisotopic (exact) mass is 602 g/mol. The van der Waals surface area contributed by atoms with Gasteiger partial charge in [-0.2, -0.15) is 0 Å². The first-order valence-electron chi connectivity index (χ1n) is 14.9. The second-order valence-electron chi connectivity index (χ2n) is 13.3. The van der Waals surface area contributed by atoms with Crippen LogP contribution in [0.25, 0.3) is 33.9 Å². The minimum atomic E-state index is -0.365. The summed E-state index contributed by atoms with van der Waals surface area (Å²) in [5, 5.41) is 0. The predicted octanol–water partition coefficient (Wildman–Crippen LogP) is 5.33. The minimum Gasteiger partial charge on any atom is -0.469 e. The third-order valence-corrected chi connectivity index (χ3v) is 7.46. The highest BCUT2D eigenvalue weighted by Crippen LogP contribution is 2.31. The fourth-order valence-corrected chi connectivity index (χ4v) is 5.16. The molecule has 0 atom stereocenters. The first-order chi connectivity index (χ1) is 21.4. The molecular weight excluding hydrogens is 568 g/mol. The molecule has 0 unspecified atom stereocenters. The number of hydrogen-bond donors (Lipinski definition) is 0. The fourth-order valence-electron chi connectivity index (χ4n) is 5.16. The number of hydrogen-bond acceptors (Lipinski definition) is 11. The first kappa shape index (κ1) is 28.7. The van der Waals surface area contributed by atoms with Crippen molar-refractivity contribution in [1.29, 1.82) is 0 Å². The van der Waals surface area contributed by atoms with Crippen molar-refractivity contribution in [3.63, 3.8) is 0 Å². The molecule has 4 aromatic rings. The van der Waals surface area contributed by atoms with E-state index in [4.69, 9.17) is 24.2 Å². The largest absolute Gasteiger partial charge is 0.469 e. The topological polar surface area (TPSA) is 129 Å². The average molecular weight is 603 g/mol. The highest BCUT2D eigenvalue weighted by molar-refractivity contribution is 5.98. The molecule has 0 amide bonds. The van der Waals surface area contributed by atoms with Gasteiger partial charge in [0.2, 0.25) is 17.7 Å². The molecule has 0 N–H and O–H groups in total. The Balaban J connectivity index is 1.32. The maximum absolute atomic E-state index is 6.08. The van der Waals surface area contributed by atoms with E-state index >= 15 is 0 Å². The van der Waals surface area contributed by atoms with Crippen molar-refractivity contribution in [2.45, 2.75) is 58.3 Å². The van der Waals surface area contributed by atoms with Crippen molar-refractivity contribution >= 4 is 17.7 Å². The number of rotatable bonds is 6. The standard InChI is InChI=1S/C34H34N8O3/c1-32(2)17-38-29(43-32)23-7-20(11-35-14-23)26-10-27(21-8-24(15-36-12-21)30-39-18-33(3,4)44-30)42-28(41-26)22-9-25(16-37-13-22)31-40-19-34(5,6)45-31/h7-16H,17-19H2,1-6H3. The van der Waals surface area contributed by atoms with E-state index in [1.807, 2.05) is 65.8 Å². The van der Waals surface area contributed by atoms with Crippen LogP contribution in [0, 0.1) is 0 Å². The lowest BCUT2D eigenvalue weighted by atomic mass is 10.1. The van der Waals surface area contributed by atoms with E-state index in [0.29, 0.717) is 54.5 Å². The maximum Gasteiger partial charge on any atom is 0.218 e. The highest BCUT2D eigenvalue weighted by atomic mass is 16.5. The number of aromatic nitrogens is 5. The lowest BCUT2D eigenvalue weighted by molar-refractivity contribution is 0.131. The summed E-state index contributed by atoms with van der Waals surface area (Å²) in [6, 6.07) is 7.85. The van der Waals surface area contributed by atoms with Crippen LogP contribution in [0.1, 0.15) is 58.2 Å². The van der Waals surface area contributed by atoms with E-state index in [1.165, 1.54) is 0 Å². The first-order valence-corrected chi connectivity index (χ1v) is 14.9. The molecule has 0 saturated heterocycles. The van der Waals surface area contributed by atoms with Gasteiger partial charge >= 0.3 is 0 Å². The number of nitrogens with zero attached hydrogens (tertiary/aromatic N) is 8. The van der Waals surface area contributed by atoms with Crippen LogP contribution in [0.2, 0.25) is 0 Å². The Morgan fingerprint density at radius 2 is 0.778 bits per heavy atom. The van der Waals surface area contributed by atoms with Gasteiger partial charge < -0.3 is 14.2 Å². The molecule has 7 rings (SSSR count). The van der Waals surface area contributed by atoms with Crippen LogP contribution in [0.4, 0.5) is 0 Å². The summed E-state index contributed by atoms with van der Waals surface area (Å²) in [6.07, 6.45) is 10.5. The molecule has 0 saturated carbocycles. The van der Waals surface area contributed by atoms with Gasteiger partial charge in [-0.3, -0.25) is 15.0 Å². The Labute approximate surface area is 261 Å². The Morgan fingerprint density at radius 1 is 0.444 bits per heavy atom. The molecule has 3 aliphatic rings. The third kappa shape index (κ3) is 6.02. The Bertz CT molecular complexity index is 1680. The van der Waals surface area contributed by atoms with Gasteiger partial charge in [0, 0.05) is 53.9 Å². The zero-order chi connectivity index (χ0) is 31.4. The van der Waals surface area contributed by atoms with Crippen LogP contribution < -0.4 is 0 Å². The van der Waals surface area contributed by atoms with Crippen LogP contribution in [0.5, 0.6) is 0 Å². The van der Waals surface area contributed by atoms with Gasteiger partial charge in [0.15, 0.2) is 5.82 Å². The molecule has 0 aromatic carbocycles. The van der Waals surface area contributed by atoms with Crippen LogP contribution in [0.15, 0.2) is 76.4 Å². The number of aliphatic imine (C=N–C) groups is 3. The lowest BCUT2D eigenvalue weighted by Crippen LogP contribution is -2.24. The van der Waals surface area contributed by atoms with Gasteiger partial charge in [-0.1, -0.05) is 0 Å². The van der Waals surface area contributed by atoms with E-state index in [9.17, 15) is 0 Å². The van der Waals surface area contributed by atoms with Crippen LogP contribution >= 0.6 is 0 Å². The number of pyridine rings is 3. The van der Waals surface area contributed by atoms with Crippen molar-refractivity contribution in [2.24, 2.45) is 15.0 Å². The third-order valence-electron chi connectivity index (χ3n) is 7.46. The van der Waals surface area contributed by atoms with Crippen molar-refractivity contribution in [1.82, 2.24) is 24.9 Å². The minimum absolute atomic E-state index is 0.359. The van der Waals surface area contributed by atoms with E-state index in [1.54, 1.807) is 37.2 Å². The summed E-state index contributed by atoms with van der Waals surface area (Å²) < 4.78 is 18.2. The molecule has 228 valence electrons. The second-order valence-corrected chi connectivity index (χ2v) is 13.3. The highest BCUT2D eigenvalue weighted by Gasteiger charge is 2.31. The zero-order valence-corrected chi connectivity index (χ0v) is 26.2. The van der Waals surface area contributed by atoms with Gasteiger partial charge in [0.25, 0.3) is 0 Å². The average Bonchev–Trinajstić information content (AvgIpc) is 3.71. The van der Waals surface area contributed by atoms with E-state index in [2.05, 4.69) is 29.9 Å². The van der Waals surface area contributed by atoms with E-state index in [0.717, 1.165) is 33.4 Å². The smallest absolute Gasteiger partial charge is 0.218 e. The van der Waals surface area contributed by atoms with Crippen LogP contribution in [0.3, 0.4) is 0 Å². The van der Waals surface area contributed by atoms with Gasteiger partial charge in [-0.25, -0.2) is 24.9 Å². The predicted molar refractivity (Wildman–Crippen MR) is 171 cm³/mol. The van der Waals surface area contributed by atoms with Gasteiger partial charge in [-0.05, 0) is 65.8 Å². The SMILES string of the molecule is CC1(C)CN=C(c2cncc(-c3cc(-c4cncc(C5=NCC(C)(C)O5)c4)nc(-c4cncc(C5=NCC(C)(C)O5)c4)n3)c2)O1. The van der Waals surface area contributed by atoms with E-state index in [-0.39, 0.29) is 16.8 Å².